The first-order valence-corrected chi connectivity index (χ1v) is 8.70. The molecule has 2 atom stereocenters. The third-order valence-corrected chi connectivity index (χ3v) is 5.25. The molecule has 116 valence electrons. The number of hydrogen-bond acceptors (Lipinski definition) is 2. The second-order valence-corrected chi connectivity index (χ2v) is 7.11. The van der Waals surface area contributed by atoms with E-state index in [2.05, 4.69) is 12.2 Å². The Kier molecular flexibility index (Phi) is 4.84. The maximum Gasteiger partial charge on any atom is 0.119 e. The highest BCUT2D eigenvalue weighted by Crippen LogP contribution is 2.61. The van der Waals surface area contributed by atoms with Crippen molar-refractivity contribution in [3.8, 4) is 5.75 Å². The van der Waals surface area contributed by atoms with Gasteiger partial charge in [0, 0.05) is 6.54 Å². The van der Waals surface area contributed by atoms with Crippen LogP contribution in [-0.2, 0) is 0 Å². The molecule has 2 aliphatic rings. The van der Waals surface area contributed by atoms with Gasteiger partial charge in [-0.25, -0.2) is 0 Å². The zero-order valence-electron chi connectivity index (χ0n) is 13.3. The summed E-state index contributed by atoms with van der Waals surface area (Å²) < 4.78 is 5.85. The summed E-state index contributed by atoms with van der Waals surface area (Å²) in [5, 5.41) is 3.68. The van der Waals surface area contributed by atoms with Crippen molar-refractivity contribution >= 4 is 0 Å². The van der Waals surface area contributed by atoms with E-state index in [9.17, 15) is 0 Å². The predicted molar refractivity (Wildman–Crippen MR) is 87.6 cm³/mol. The summed E-state index contributed by atoms with van der Waals surface area (Å²) in [5.41, 5.74) is 0.572. The maximum atomic E-state index is 5.85. The largest absolute Gasteiger partial charge is 0.494 e. The minimum atomic E-state index is 0.572. The van der Waals surface area contributed by atoms with Crippen LogP contribution in [0.2, 0.25) is 0 Å². The summed E-state index contributed by atoms with van der Waals surface area (Å²) in [6.45, 7) is 5.49. The summed E-state index contributed by atoms with van der Waals surface area (Å²) in [5.74, 6) is 3.12. The van der Waals surface area contributed by atoms with Crippen molar-refractivity contribution in [2.24, 2.45) is 17.3 Å². The second-order valence-electron chi connectivity index (χ2n) is 7.11. The Balaban J connectivity index is 1.42. The van der Waals surface area contributed by atoms with E-state index in [-0.39, 0.29) is 0 Å². The molecule has 3 rings (SSSR count). The van der Waals surface area contributed by atoms with E-state index in [1.807, 2.05) is 30.3 Å². The van der Waals surface area contributed by atoms with Crippen LogP contribution in [0.15, 0.2) is 30.3 Å². The number of hydrogen-bond donors (Lipinski definition) is 1. The lowest BCUT2D eigenvalue weighted by Crippen LogP contribution is -2.34. The van der Waals surface area contributed by atoms with Gasteiger partial charge in [0.25, 0.3) is 0 Å². The molecular weight excluding hydrogens is 258 g/mol. The molecule has 21 heavy (non-hydrogen) atoms. The molecule has 1 N–H and O–H groups in total. The molecule has 1 aromatic carbocycles. The summed E-state index contributed by atoms with van der Waals surface area (Å²) in [6, 6.07) is 10.2. The van der Waals surface area contributed by atoms with Crippen LogP contribution >= 0.6 is 0 Å². The van der Waals surface area contributed by atoms with Crippen LogP contribution in [0.4, 0.5) is 0 Å². The zero-order chi connectivity index (χ0) is 14.5. The van der Waals surface area contributed by atoms with Gasteiger partial charge < -0.3 is 10.1 Å². The average Bonchev–Trinajstić information content (AvgIpc) is 3.13. The molecule has 0 aliphatic heterocycles. The van der Waals surface area contributed by atoms with Crippen LogP contribution in [0.5, 0.6) is 5.75 Å². The molecule has 0 heterocycles. The van der Waals surface area contributed by atoms with Gasteiger partial charge in [0.15, 0.2) is 0 Å². The smallest absolute Gasteiger partial charge is 0.119 e. The molecule has 2 saturated carbocycles. The monoisotopic (exact) mass is 287 g/mol. The van der Waals surface area contributed by atoms with E-state index in [0.717, 1.165) is 30.7 Å². The molecule has 2 unspecified atom stereocenters. The Bertz CT molecular complexity index is 420. The number of fused-ring (bicyclic) bond motifs is 1. The molecule has 0 radical (unpaired) electrons. The van der Waals surface area contributed by atoms with E-state index in [0.29, 0.717) is 5.41 Å². The van der Waals surface area contributed by atoms with E-state index >= 15 is 0 Å². The van der Waals surface area contributed by atoms with Crippen molar-refractivity contribution in [2.75, 3.05) is 19.7 Å². The molecule has 0 aromatic heterocycles. The van der Waals surface area contributed by atoms with E-state index in [1.165, 1.54) is 45.1 Å². The average molecular weight is 287 g/mol. The number of benzene rings is 1. The molecule has 0 amide bonds. The minimum Gasteiger partial charge on any atom is -0.494 e. The molecular formula is C19H29NO. The van der Waals surface area contributed by atoms with Crippen LogP contribution in [0, 0.1) is 17.3 Å². The number of ether oxygens (including phenoxy) is 1. The Morgan fingerprint density at radius 1 is 1.19 bits per heavy atom. The van der Waals surface area contributed by atoms with Crippen LogP contribution < -0.4 is 10.1 Å². The first-order valence-electron chi connectivity index (χ1n) is 8.70. The highest BCUT2D eigenvalue weighted by Gasteiger charge is 2.52. The van der Waals surface area contributed by atoms with Crippen molar-refractivity contribution in [2.45, 2.75) is 45.4 Å². The molecule has 2 nitrogen and oxygen atoms in total. The van der Waals surface area contributed by atoms with Crippen LogP contribution in [0.25, 0.3) is 0 Å². The van der Waals surface area contributed by atoms with Crippen molar-refractivity contribution in [3.05, 3.63) is 30.3 Å². The lowest BCUT2D eigenvalue weighted by atomic mass is 9.78. The first-order chi connectivity index (χ1) is 10.3. The number of rotatable bonds is 9. The predicted octanol–water partition coefficient (Wildman–Crippen LogP) is 4.26. The van der Waals surface area contributed by atoms with Crippen LogP contribution in [0.3, 0.4) is 0 Å². The van der Waals surface area contributed by atoms with Gasteiger partial charge in [-0.1, -0.05) is 25.1 Å². The molecule has 0 spiro atoms. The third-order valence-electron chi connectivity index (χ3n) is 5.25. The Hall–Kier alpha value is -1.02. The highest BCUT2D eigenvalue weighted by atomic mass is 16.5. The number of para-hydroxylation sites is 1. The van der Waals surface area contributed by atoms with Crippen molar-refractivity contribution in [1.29, 1.82) is 0 Å². The van der Waals surface area contributed by atoms with Crippen molar-refractivity contribution < 1.29 is 4.74 Å². The lowest BCUT2D eigenvalue weighted by Gasteiger charge is -2.31. The van der Waals surface area contributed by atoms with Crippen LogP contribution in [-0.4, -0.2) is 19.7 Å². The standard InChI is InChI=1S/C19H29NO/c1-2-10-20-15-19(13-16-12-17(16)14-19)9-6-11-21-18-7-4-3-5-8-18/h3-5,7-8,16-17,20H,2,6,9-15H2,1H3. The van der Waals surface area contributed by atoms with Gasteiger partial charge >= 0.3 is 0 Å². The fourth-order valence-electron chi connectivity index (χ4n) is 4.13. The normalized spacial score (nSPS) is 30.1. The van der Waals surface area contributed by atoms with E-state index in [4.69, 9.17) is 4.74 Å². The Morgan fingerprint density at radius 3 is 2.67 bits per heavy atom. The minimum absolute atomic E-state index is 0.572. The molecule has 2 fully saturated rings. The van der Waals surface area contributed by atoms with Gasteiger partial charge in [0.05, 0.1) is 6.61 Å². The lowest BCUT2D eigenvalue weighted by molar-refractivity contribution is 0.201. The summed E-state index contributed by atoms with van der Waals surface area (Å²) >= 11 is 0. The summed E-state index contributed by atoms with van der Waals surface area (Å²) in [4.78, 5) is 0. The van der Waals surface area contributed by atoms with E-state index < -0.39 is 0 Å². The van der Waals surface area contributed by atoms with Gasteiger partial charge in [-0.05, 0) is 74.5 Å². The summed E-state index contributed by atoms with van der Waals surface area (Å²) in [7, 11) is 0. The van der Waals surface area contributed by atoms with E-state index in [1.54, 1.807) is 0 Å². The molecule has 0 bridgehead atoms. The SMILES string of the molecule is CCCNCC1(CCCOc2ccccc2)CC2CC2C1. The van der Waals surface area contributed by atoms with Gasteiger partial charge in [-0.15, -0.1) is 0 Å². The maximum absolute atomic E-state index is 5.85. The quantitative estimate of drug-likeness (QED) is 0.685. The van der Waals surface area contributed by atoms with Gasteiger partial charge in [0.2, 0.25) is 0 Å². The van der Waals surface area contributed by atoms with Crippen molar-refractivity contribution in [1.82, 2.24) is 5.32 Å². The molecule has 0 saturated heterocycles. The van der Waals surface area contributed by atoms with Gasteiger partial charge in [-0.2, -0.15) is 0 Å². The third kappa shape index (κ3) is 4.00. The first kappa shape index (κ1) is 14.9. The zero-order valence-corrected chi connectivity index (χ0v) is 13.3. The van der Waals surface area contributed by atoms with Crippen molar-refractivity contribution in [3.63, 3.8) is 0 Å². The van der Waals surface area contributed by atoms with Gasteiger partial charge in [0.1, 0.15) is 5.75 Å². The molecule has 2 aliphatic carbocycles. The topological polar surface area (TPSA) is 21.3 Å². The van der Waals surface area contributed by atoms with Gasteiger partial charge in [-0.3, -0.25) is 0 Å². The number of nitrogens with one attached hydrogen (secondary N) is 1. The second kappa shape index (κ2) is 6.83. The fourth-order valence-corrected chi connectivity index (χ4v) is 4.13. The Labute approximate surface area is 129 Å². The fraction of sp³-hybridized carbons (Fsp3) is 0.684. The Morgan fingerprint density at radius 2 is 1.95 bits per heavy atom. The summed E-state index contributed by atoms with van der Waals surface area (Å²) in [6.07, 6.45) is 8.17. The highest BCUT2D eigenvalue weighted by molar-refractivity contribution is 5.20. The molecule has 2 heteroatoms. The van der Waals surface area contributed by atoms with Crippen LogP contribution in [0.1, 0.15) is 45.4 Å². The molecule has 1 aromatic rings.